The van der Waals surface area contributed by atoms with Gasteiger partial charge < -0.3 is 10.2 Å². The summed E-state index contributed by atoms with van der Waals surface area (Å²) in [6.45, 7) is 3.94. The van der Waals surface area contributed by atoms with Gasteiger partial charge in [-0.15, -0.1) is 0 Å². The SMILES string of the molecule is CC(=O)Nc1cccc(C(=O)N2CCN(Cc3cccc(C(F)(F)F)c3)CC2)c1. The number of rotatable bonds is 4. The highest BCUT2D eigenvalue weighted by Crippen LogP contribution is 2.29. The summed E-state index contributed by atoms with van der Waals surface area (Å²) in [6.07, 6.45) is -4.35. The molecule has 8 heteroatoms. The highest BCUT2D eigenvalue weighted by molar-refractivity contribution is 5.96. The van der Waals surface area contributed by atoms with E-state index in [0.717, 1.165) is 6.07 Å². The van der Waals surface area contributed by atoms with Gasteiger partial charge in [-0.05, 0) is 29.8 Å². The Morgan fingerprint density at radius 3 is 2.34 bits per heavy atom. The largest absolute Gasteiger partial charge is 0.416 e. The molecule has 1 heterocycles. The summed E-state index contributed by atoms with van der Waals surface area (Å²) in [5.41, 5.74) is 1.000. The minimum absolute atomic E-state index is 0.129. The van der Waals surface area contributed by atoms with Crippen LogP contribution in [0.15, 0.2) is 48.5 Å². The Morgan fingerprint density at radius 2 is 1.69 bits per heavy atom. The molecular formula is C21H22F3N3O2. The third-order valence-corrected chi connectivity index (χ3v) is 4.75. The van der Waals surface area contributed by atoms with Gasteiger partial charge in [0.2, 0.25) is 5.91 Å². The zero-order valence-electron chi connectivity index (χ0n) is 16.0. The first-order valence-corrected chi connectivity index (χ1v) is 9.28. The van der Waals surface area contributed by atoms with Gasteiger partial charge in [0.15, 0.2) is 0 Å². The van der Waals surface area contributed by atoms with Crippen LogP contribution < -0.4 is 5.32 Å². The van der Waals surface area contributed by atoms with Crippen molar-refractivity contribution < 1.29 is 22.8 Å². The molecule has 5 nitrogen and oxygen atoms in total. The van der Waals surface area contributed by atoms with Crippen LogP contribution in [-0.2, 0) is 17.5 Å². The lowest BCUT2D eigenvalue weighted by Gasteiger charge is -2.35. The smallest absolute Gasteiger partial charge is 0.336 e. The Bertz CT molecular complexity index is 891. The van der Waals surface area contributed by atoms with E-state index in [0.29, 0.717) is 49.5 Å². The van der Waals surface area contributed by atoms with Crippen LogP contribution in [0.1, 0.15) is 28.4 Å². The Labute approximate surface area is 167 Å². The van der Waals surface area contributed by atoms with Gasteiger partial charge in [0, 0.05) is 50.9 Å². The van der Waals surface area contributed by atoms with E-state index in [9.17, 15) is 22.8 Å². The molecule has 154 valence electrons. The monoisotopic (exact) mass is 405 g/mol. The van der Waals surface area contributed by atoms with Crippen LogP contribution in [0.2, 0.25) is 0 Å². The van der Waals surface area contributed by atoms with Crippen molar-refractivity contribution in [2.75, 3.05) is 31.5 Å². The summed E-state index contributed by atoms with van der Waals surface area (Å²) in [5.74, 6) is -0.339. The number of carbonyl (C=O) groups excluding carboxylic acids is 2. The normalized spacial score (nSPS) is 15.2. The number of benzene rings is 2. The first-order valence-electron chi connectivity index (χ1n) is 9.28. The maximum atomic E-state index is 12.9. The molecule has 0 aromatic heterocycles. The summed E-state index contributed by atoms with van der Waals surface area (Å²) in [5, 5.41) is 2.65. The molecule has 1 saturated heterocycles. The maximum absolute atomic E-state index is 12.9. The first kappa shape index (κ1) is 20.9. The summed E-state index contributed by atoms with van der Waals surface area (Å²) < 4.78 is 38.6. The quantitative estimate of drug-likeness (QED) is 0.845. The van der Waals surface area contributed by atoms with Crippen molar-refractivity contribution in [1.29, 1.82) is 0 Å². The summed E-state index contributed by atoms with van der Waals surface area (Å²) in [7, 11) is 0. The van der Waals surface area contributed by atoms with Crippen LogP contribution in [0.25, 0.3) is 0 Å². The molecular weight excluding hydrogens is 383 g/mol. The van der Waals surface area contributed by atoms with Crippen molar-refractivity contribution in [2.45, 2.75) is 19.6 Å². The molecule has 29 heavy (non-hydrogen) atoms. The summed E-state index contributed by atoms with van der Waals surface area (Å²) in [4.78, 5) is 27.7. The molecule has 1 aliphatic rings. The Hall–Kier alpha value is -2.87. The lowest BCUT2D eigenvalue weighted by atomic mass is 10.1. The van der Waals surface area contributed by atoms with E-state index in [2.05, 4.69) is 5.32 Å². The fourth-order valence-corrected chi connectivity index (χ4v) is 3.33. The number of hydrogen-bond acceptors (Lipinski definition) is 3. The Kier molecular flexibility index (Phi) is 6.22. The second kappa shape index (κ2) is 8.65. The number of hydrogen-bond donors (Lipinski definition) is 1. The topological polar surface area (TPSA) is 52.7 Å². The molecule has 1 aliphatic heterocycles. The highest BCUT2D eigenvalue weighted by atomic mass is 19.4. The van der Waals surface area contributed by atoms with Crippen molar-refractivity contribution >= 4 is 17.5 Å². The molecule has 3 rings (SSSR count). The van der Waals surface area contributed by atoms with E-state index in [1.54, 1.807) is 35.2 Å². The minimum atomic E-state index is -4.35. The van der Waals surface area contributed by atoms with Crippen LogP contribution in [0, 0.1) is 0 Å². The van der Waals surface area contributed by atoms with Gasteiger partial charge in [0.05, 0.1) is 5.56 Å². The molecule has 1 fully saturated rings. The third-order valence-electron chi connectivity index (χ3n) is 4.75. The lowest BCUT2D eigenvalue weighted by molar-refractivity contribution is -0.137. The van der Waals surface area contributed by atoms with Crippen LogP contribution in [0.4, 0.5) is 18.9 Å². The molecule has 1 N–H and O–H groups in total. The average Bonchev–Trinajstić information content (AvgIpc) is 2.67. The van der Waals surface area contributed by atoms with E-state index >= 15 is 0 Å². The molecule has 2 aromatic carbocycles. The van der Waals surface area contributed by atoms with Crippen molar-refractivity contribution in [3.8, 4) is 0 Å². The molecule has 0 bridgehead atoms. The average molecular weight is 405 g/mol. The van der Waals surface area contributed by atoms with Crippen molar-refractivity contribution in [1.82, 2.24) is 9.80 Å². The number of nitrogens with zero attached hydrogens (tertiary/aromatic N) is 2. The number of anilines is 1. The molecule has 0 spiro atoms. The second-order valence-corrected chi connectivity index (χ2v) is 7.03. The van der Waals surface area contributed by atoms with Gasteiger partial charge in [0.25, 0.3) is 5.91 Å². The van der Waals surface area contributed by atoms with Crippen molar-refractivity contribution in [3.63, 3.8) is 0 Å². The molecule has 0 atom stereocenters. The van der Waals surface area contributed by atoms with Gasteiger partial charge in [-0.2, -0.15) is 13.2 Å². The van der Waals surface area contributed by atoms with E-state index < -0.39 is 11.7 Å². The summed E-state index contributed by atoms with van der Waals surface area (Å²) in [6, 6.07) is 12.1. The summed E-state index contributed by atoms with van der Waals surface area (Å²) >= 11 is 0. The van der Waals surface area contributed by atoms with Crippen molar-refractivity contribution in [3.05, 3.63) is 65.2 Å². The zero-order chi connectivity index (χ0) is 21.0. The standard InChI is InChI=1S/C21H22F3N3O2/c1-15(28)25-19-7-3-5-17(13-19)20(29)27-10-8-26(9-11-27)14-16-4-2-6-18(12-16)21(22,23)24/h2-7,12-13H,8-11,14H2,1H3,(H,25,28). The molecule has 2 amide bonds. The van der Waals surface area contributed by atoms with Gasteiger partial charge >= 0.3 is 6.18 Å². The third kappa shape index (κ3) is 5.57. The van der Waals surface area contributed by atoms with Crippen LogP contribution in [-0.4, -0.2) is 47.8 Å². The molecule has 0 unspecified atom stereocenters. The predicted molar refractivity (Wildman–Crippen MR) is 103 cm³/mol. The van der Waals surface area contributed by atoms with Crippen LogP contribution >= 0.6 is 0 Å². The van der Waals surface area contributed by atoms with Crippen LogP contribution in [0.3, 0.4) is 0 Å². The van der Waals surface area contributed by atoms with E-state index in [1.807, 2.05) is 4.90 Å². The number of halogens is 3. The Morgan fingerprint density at radius 1 is 1.00 bits per heavy atom. The first-order chi connectivity index (χ1) is 13.7. The number of carbonyl (C=O) groups is 2. The van der Waals surface area contributed by atoms with E-state index in [-0.39, 0.29) is 11.8 Å². The van der Waals surface area contributed by atoms with E-state index in [4.69, 9.17) is 0 Å². The van der Waals surface area contributed by atoms with Crippen molar-refractivity contribution in [2.24, 2.45) is 0 Å². The molecule has 0 aliphatic carbocycles. The number of alkyl halides is 3. The van der Waals surface area contributed by atoms with Gasteiger partial charge in [-0.25, -0.2) is 0 Å². The minimum Gasteiger partial charge on any atom is -0.336 e. The van der Waals surface area contributed by atoms with Crippen LogP contribution in [0.5, 0.6) is 0 Å². The maximum Gasteiger partial charge on any atom is 0.416 e. The highest BCUT2D eigenvalue weighted by Gasteiger charge is 2.30. The predicted octanol–water partition coefficient (Wildman–Crippen LogP) is 3.62. The zero-order valence-corrected chi connectivity index (χ0v) is 16.0. The Balaban J connectivity index is 1.58. The fraction of sp³-hybridized carbons (Fsp3) is 0.333. The molecule has 0 saturated carbocycles. The lowest BCUT2D eigenvalue weighted by Crippen LogP contribution is -2.48. The van der Waals surface area contributed by atoms with Gasteiger partial charge in [0.1, 0.15) is 0 Å². The molecule has 0 radical (unpaired) electrons. The number of amides is 2. The fourth-order valence-electron chi connectivity index (χ4n) is 3.33. The second-order valence-electron chi connectivity index (χ2n) is 7.03. The van der Waals surface area contributed by atoms with Gasteiger partial charge in [-0.1, -0.05) is 24.3 Å². The number of nitrogens with one attached hydrogen (secondary N) is 1. The number of piperazine rings is 1. The van der Waals surface area contributed by atoms with Gasteiger partial charge in [-0.3, -0.25) is 14.5 Å². The van der Waals surface area contributed by atoms with E-state index in [1.165, 1.54) is 19.1 Å². The molecule has 2 aromatic rings.